The molecular formula is C27H27NO5. The van der Waals surface area contributed by atoms with E-state index >= 15 is 0 Å². The number of ether oxygens (including phenoxy) is 3. The van der Waals surface area contributed by atoms with Crippen LogP contribution in [0.25, 0.3) is 6.08 Å². The van der Waals surface area contributed by atoms with E-state index in [4.69, 9.17) is 14.2 Å². The van der Waals surface area contributed by atoms with Crippen molar-refractivity contribution in [2.45, 2.75) is 19.6 Å². The van der Waals surface area contributed by atoms with E-state index in [0.717, 1.165) is 23.5 Å². The number of benzene rings is 3. The second-order valence-corrected chi connectivity index (χ2v) is 7.70. The number of nitrogens with zero attached hydrogens (tertiary/aromatic N) is 1. The van der Waals surface area contributed by atoms with Gasteiger partial charge in [-0.05, 0) is 48.4 Å². The van der Waals surface area contributed by atoms with Crippen molar-refractivity contribution in [1.82, 2.24) is 0 Å². The second kappa shape index (κ2) is 10.6. The number of para-hydroxylation sites is 2. The number of hydrogen-bond donors (Lipinski definition) is 1. The van der Waals surface area contributed by atoms with Crippen LogP contribution in [0.1, 0.15) is 18.1 Å². The monoisotopic (exact) mass is 445 g/mol. The fourth-order valence-corrected chi connectivity index (χ4v) is 3.74. The summed E-state index contributed by atoms with van der Waals surface area (Å²) in [5, 5.41) is 9.20. The number of carboxylic acid groups (broad SMARTS) is 1. The van der Waals surface area contributed by atoms with E-state index in [2.05, 4.69) is 35.2 Å². The van der Waals surface area contributed by atoms with Crippen molar-refractivity contribution in [3.8, 4) is 11.5 Å². The topological polar surface area (TPSA) is 68.2 Å². The number of hydrogen-bond acceptors (Lipinski definition) is 5. The van der Waals surface area contributed by atoms with Gasteiger partial charge in [-0.1, -0.05) is 54.6 Å². The first-order chi connectivity index (χ1) is 16.1. The number of carbonyl (C=O) groups is 1. The molecule has 6 heteroatoms. The van der Waals surface area contributed by atoms with Crippen LogP contribution in [-0.4, -0.2) is 36.9 Å². The Balaban J connectivity index is 1.41. The Morgan fingerprint density at radius 2 is 1.79 bits per heavy atom. The quantitative estimate of drug-likeness (QED) is 0.370. The number of carboxylic acids is 1. The smallest absolute Gasteiger partial charge is 0.371 e. The molecule has 0 radical (unpaired) electrons. The first kappa shape index (κ1) is 22.3. The number of fused-ring (bicyclic) bond motifs is 1. The minimum absolute atomic E-state index is 0.0843. The summed E-state index contributed by atoms with van der Waals surface area (Å²) in [6.07, 6.45) is 1.37. The van der Waals surface area contributed by atoms with Gasteiger partial charge in [0.15, 0.2) is 6.10 Å². The van der Waals surface area contributed by atoms with E-state index in [1.807, 2.05) is 36.4 Å². The fourth-order valence-electron chi connectivity index (χ4n) is 3.74. The molecule has 1 atom stereocenters. The van der Waals surface area contributed by atoms with Gasteiger partial charge in [0.25, 0.3) is 0 Å². The molecule has 1 heterocycles. The maximum absolute atomic E-state index is 11.2. The summed E-state index contributed by atoms with van der Waals surface area (Å²) in [5.74, 6) is 0.370. The van der Waals surface area contributed by atoms with E-state index in [0.29, 0.717) is 25.5 Å². The van der Waals surface area contributed by atoms with Crippen LogP contribution in [0.3, 0.4) is 0 Å². The first-order valence-electron chi connectivity index (χ1n) is 11.0. The van der Waals surface area contributed by atoms with E-state index in [9.17, 15) is 9.90 Å². The van der Waals surface area contributed by atoms with Crippen molar-refractivity contribution in [3.63, 3.8) is 0 Å². The first-order valence-corrected chi connectivity index (χ1v) is 11.0. The highest BCUT2D eigenvalue weighted by Crippen LogP contribution is 2.34. The second-order valence-electron chi connectivity index (χ2n) is 7.70. The Bertz CT molecular complexity index is 1100. The van der Waals surface area contributed by atoms with Crippen molar-refractivity contribution in [1.29, 1.82) is 0 Å². The van der Waals surface area contributed by atoms with Crippen LogP contribution in [0.15, 0.2) is 84.6 Å². The van der Waals surface area contributed by atoms with Gasteiger partial charge < -0.3 is 24.2 Å². The molecule has 0 spiro atoms. The molecule has 0 saturated carbocycles. The Morgan fingerprint density at radius 1 is 1.06 bits per heavy atom. The molecule has 0 aromatic heterocycles. The van der Waals surface area contributed by atoms with Gasteiger partial charge in [0.2, 0.25) is 5.76 Å². The molecule has 0 aliphatic carbocycles. The van der Waals surface area contributed by atoms with Gasteiger partial charge in [-0.2, -0.15) is 0 Å². The zero-order chi connectivity index (χ0) is 23.0. The largest absolute Gasteiger partial charge is 0.490 e. The summed E-state index contributed by atoms with van der Waals surface area (Å²) in [6, 6.07) is 25.7. The van der Waals surface area contributed by atoms with Crippen molar-refractivity contribution in [2.75, 3.05) is 24.7 Å². The van der Waals surface area contributed by atoms with Crippen LogP contribution in [0.2, 0.25) is 0 Å². The summed E-state index contributed by atoms with van der Waals surface area (Å²) in [5.41, 5.74) is 3.05. The molecule has 6 nitrogen and oxygen atoms in total. The van der Waals surface area contributed by atoms with E-state index in [1.165, 1.54) is 11.6 Å². The molecular weight excluding hydrogens is 418 g/mol. The standard InChI is InChI=1S/C27H27NO5/c1-2-31-26(27(29)30)16-20-12-14-22(15-13-20)32-19-23-18-28(17-21-8-4-3-5-9-21)24-10-6-7-11-25(24)33-23/h3-16,23H,2,17-19H2,1H3,(H,29,30). The summed E-state index contributed by atoms with van der Waals surface area (Å²) < 4.78 is 17.3. The van der Waals surface area contributed by atoms with Gasteiger partial charge >= 0.3 is 5.97 Å². The van der Waals surface area contributed by atoms with Crippen molar-refractivity contribution in [2.24, 2.45) is 0 Å². The van der Waals surface area contributed by atoms with Gasteiger partial charge in [-0.15, -0.1) is 0 Å². The Kier molecular flexibility index (Phi) is 7.15. The zero-order valence-electron chi connectivity index (χ0n) is 18.5. The third-order valence-electron chi connectivity index (χ3n) is 5.26. The van der Waals surface area contributed by atoms with Crippen LogP contribution in [0.5, 0.6) is 11.5 Å². The number of anilines is 1. The highest BCUT2D eigenvalue weighted by atomic mass is 16.5. The Morgan fingerprint density at radius 3 is 2.52 bits per heavy atom. The molecule has 4 rings (SSSR count). The molecule has 0 saturated heterocycles. The lowest BCUT2D eigenvalue weighted by Crippen LogP contribution is -2.42. The summed E-state index contributed by atoms with van der Waals surface area (Å²) in [4.78, 5) is 13.5. The SMILES string of the molecule is CCOC(=Cc1ccc(OCC2CN(Cc3ccccc3)c3ccccc3O2)cc1)C(=O)O. The average molecular weight is 446 g/mol. The highest BCUT2D eigenvalue weighted by Gasteiger charge is 2.26. The predicted molar refractivity (Wildman–Crippen MR) is 128 cm³/mol. The zero-order valence-corrected chi connectivity index (χ0v) is 18.5. The molecule has 33 heavy (non-hydrogen) atoms. The minimum Gasteiger partial charge on any atom is -0.490 e. The highest BCUT2D eigenvalue weighted by molar-refractivity contribution is 5.89. The molecule has 0 amide bonds. The van der Waals surface area contributed by atoms with Gasteiger partial charge in [-0.3, -0.25) is 0 Å². The normalized spacial score (nSPS) is 15.4. The molecule has 3 aromatic carbocycles. The Labute approximate surface area is 193 Å². The van der Waals surface area contributed by atoms with E-state index < -0.39 is 5.97 Å². The van der Waals surface area contributed by atoms with Crippen molar-refractivity contribution >= 4 is 17.7 Å². The van der Waals surface area contributed by atoms with Crippen molar-refractivity contribution < 1.29 is 24.1 Å². The lowest BCUT2D eigenvalue weighted by atomic mass is 10.1. The molecule has 1 aliphatic heterocycles. The third-order valence-corrected chi connectivity index (χ3v) is 5.26. The van der Waals surface area contributed by atoms with Gasteiger partial charge in [0, 0.05) is 6.54 Å². The molecule has 1 unspecified atom stereocenters. The lowest BCUT2D eigenvalue weighted by Gasteiger charge is -2.36. The minimum atomic E-state index is -1.09. The van der Waals surface area contributed by atoms with E-state index in [-0.39, 0.29) is 11.9 Å². The fraction of sp³-hybridized carbons (Fsp3) is 0.222. The summed E-state index contributed by atoms with van der Waals surface area (Å²) in [6.45, 7) is 3.95. The maximum Gasteiger partial charge on any atom is 0.371 e. The Hall–Kier alpha value is -3.93. The predicted octanol–water partition coefficient (Wildman–Crippen LogP) is 5.00. The van der Waals surface area contributed by atoms with Gasteiger partial charge in [0.1, 0.15) is 18.1 Å². The van der Waals surface area contributed by atoms with Crippen LogP contribution < -0.4 is 14.4 Å². The number of rotatable bonds is 9. The molecule has 0 fully saturated rings. The summed E-state index contributed by atoms with van der Waals surface area (Å²) in [7, 11) is 0. The molecule has 170 valence electrons. The van der Waals surface area contributed by atoms with Crippen molar-refractivity contribution in [3.05, 3.63) is 95.7 Å². The van der Waals surface area contributed by atoms with Gasteiger partial charge in [0.05, 0.1) is 18.8 Å². The summed E-state index contributed by atoms with van der Waals surface area (Å²) >= 11 is 0. The third kappa shape index (κ3) is 5.86. The molecule has 0 bridgehead atoms. The maximum atomic E-state index is 11.2. The average Bonchev–Trinajstić information content (AvgIpc) is 2.84. The van der Waals surface area contributed by atoms with Crippen LogP contribution in [-0.2, 0) is 16.1 Å². The van der Waals surface area contributed by atoms with Crippen LogP contribution >= 0.6 is 0 Å². The van der Waals surface area contributed by atoms with Crippen LogP contribution in [0.4, 0.5) is 5.69 Å². The lowest BCUT2D eigenvalue weighted by molar-refractivity contribution is -0.136. The van der Waals surface area contributed by atoms with Gasteiger partial charge in [-0.25, -0.2) is 4.79 Å². The molecule has 1 aliphatic rings. The molecule has 3 aromatic rings. The molecule has 1 N–H and O–H groups in total. The van der Waals surface area contributed by atoms with Crippen LogP contribution in [0, 0.1) is 0 Å². The van der Waals surface area contributed by atoms with E-state index in [1.54, 1.807) is 19.1 Å². The number of aliphatic carboxylic acids is 1.